The fourth-order valence-electron chi connectivity index (χ4n) is 3.48. The Balaban J connectivity index is 1.92. The molecule has 0 radical (unpaired) electrons. The number of benzene rings is 1. The summed E-state index contributed by atoms with van der Waals surface area (Å²) in [5.74, 6) is 1.60. The number of para-hydroxylation sites is 1. The van der Waals surface area contributed by atoms with Gasteiger partial charge in [0.15, 0.2) is 0 Å². The maximum absolute atomic E-state index is 10.3. The van der Waals surface area contributed by atoms with Crippen LogP contribution in [0, 0.1) is 5.92 Å². The Morgan fingerprint density at radius 3 is 2.94 bits per heavy atom. The van der Waals surface area contributed by atoms with E-state index in [1.807, 2.05) is 24.3 Å². The highest BCUT2D eigenvalue weighted by molar-refractivity contribution is 5.38. The third-order valence-corrected chi connectivity index (χ3v) is 4.22. The van der Waals surface area contributed by atoms with E-state index < -0.39 is 0 Å². The summed E-state index contributed by atoms with van der Waals surface area (Å²) < 4.78 is 6.24. The lowest BCUT2D eigenvalue weighted by molar-refractivity contribution is -0.0495. The van der Waals surface area contributed by atoms with Gasteiger partial charge >= 0.3 is 0 Å². The van der Waals surface area contributed by atoms with E-state index in [1.165, 1.54) is 12.8 Å². The minimum absolute atomic E-state index is 0.106. The van der Waals surface area contributed by atoms with Gasteiger partial charge in [0, 0.05) is 12.0 Å². The first-order valence-corrected chi connectivity index (χ1v) is 6.65. The molecule has 3 atom stereocenters. The normalized spacial score (nSPS) is 36.4. The molecule has 1 saturated carbocycles. The fourth-order valence-corrected chi connectivity index (χ4v) is 3.48. The van der Waals surface area contributed by atoms with E-state index in [0.717, 1.165) is 30.6 Å². The molecule has 0 amide bonds. The average Bonchev–Trinajstić information content (AvgIpc) is 2.28. The first-order chi connectivity index (χ1) is 8.19. The summed E-state index contributed by atoms with van der Waals surface area (Å²) in [5.41, 5.74) is 0.849. The molecule has 1 spiro atoms. The summed E-state index contributed by atoms with van der Waals surface area (Å²) in [6, 6.07) is 7.90. The van der Waals surface area contributed by atoms with Crippen molar-refractivity contribution < 1.29 is 9.84 Å². The molecule has 2 aliphatic rings. The number of hydrogen-bond acceptors (Lipinski definition) is 2. The lowest BCUT2D eigenvalue weighted by atomic mass is 9.74. The van der Waals surface area contributed by atoms with Crippen LogP contribution in [-0.2, 0) is 0 Å². The molecule has 2 unspecified atom stereocenters. The Morgan fingerprint density at radius 2 is 2.12 bits per heavy atom. The molecule has 2 nitrogen and oxygen atoms in total. The first-order valence-electron chi connectivity index (χ1n) is 6.65. The number of fused-ring (bicyclic) bond motifs is 1. The summed E-state index contributed by atoms with van der Waals surface area (Å²) in [5, 5.41) is 10.3. The lowest BCUT2D eigenvalue weighted by Gasteiger charge is -2.45. The van der Waals surface area contributed by atoms with Crippen molar-refractivity contribution >= 4 is 0 Å². The molecule has 1 aromatic carbocycles. The topological polar surface area (TPSA) is 29.5 Å². The van der Waals surface area contributed by atoms with Gasteiger partial charge in [0.2, 0.25) is 0 Å². The van der Waals surface area contributed by atoms with Crippen molar-refractivity contribution in [1.29, 1.82) is 0 Å². The molecule has 1 fully saturated rings. The highest BCUT2D eigenvalue weighted by Crippen LogP contribution is 2.47. The number of aliphatic hydroxyl groups is 1. The fraction of sp³-hybridized carbons (Fsp3) is 0.600. The summed E-state index contributed by atoms with van der Waals surface area (Å²) in [7, 11) is 0. The second kappa shape index (κ2) is 4.02. The van der Waals surface area contributed by atoms with Crippen molar-refractivity contribution in [2.75, 3.05) is 0 Å². The molecule has 17 heavy (non-hydrogen) atoms. The monoisotopic (exact) mass is 232 g/mol. The molecule has 0 aromatic heterocycles. The van der Waals surface area contributed by atoms with Crippen LogP contribution in [0.1, 0.15) is 50.7 Å². The molecule has 1 aliphatic heterocycles. The van der Waals surface area contributed by atoms with E-state index in [2.05, 4.69) is 6.92 Å². The molecule has 92 valence electrons. The number of aliphatic hydroxyl groups excluding tert-OH is 1. The van der Waals surface area contributed by atoms with Gasteiger partial charge in [-0.2, -0.15) is 0 Å². The van der Waals surface area contributed by atoms with Gasteiger partial charge < -0.3 is 9.84 Å². The molecule has 0 saturated heterocycles. The van der Waals surface area contributed by atoms with Gasteiger partial charge in [0.05, 0.1) is 6.10 Å². The van der Waals surface area contributed by atoms with Crippen LogP contribution < -0.4 is 4.74 Å². The molecular weight excluding hydrogens is 212 g/mol. The summed E-state index contributed by atoms with van der Waals surface area (Å²) in [6.45, 7) is 2.29. The molecule has 1 aromatic rings. The van der Waals surface area contributed by atoms with E-state index in [1.54, 1.807) is 0 Å². The number of hydrogen-bond donors (Lipinski definition) is 1. The zero-order chi connectivity index (χ0) is 11.9. The van der Waals surface area contributed by atoms with Crippen molar-refractivity contribution in [2.24, 2.45) is 5.92 Å². The summed E-state index contributed by atoms with van der Waals surface area (Å²) in [4.78, 5) is 0. The van der Waals surface area contributed by atoms with E-state index in [0.29, 0.717) is 5.92 Å². The van der Waals surface area contributed by atoms with E-state index in [-0.39, 0.29) is 11.7 Å². The van der Waals surface area contributed by atoms with Crippen LogP contribution in [0.2, 0.25) is 0 Å². The Hall–Kier alpha value is -1.02. The van der Waals surface area contributed by atoms with Crippen LogP contribution in [0.15, 0.2) is 24.3 Å². The smallest absolute Gasteiger partial charge is 0.125 e. The molecule has 2 heteroatoms. The van der Waals surface area contributed by atoms with Crippen LogP contribution in [0.5, 0.6) is 5.75 Å². The number of ether oxygens (including phenoxy) is 1. The zero-order valence-corrected chi connectivity index (χ0v) is 10.4. The maximum atomic E-state index is 10.3. The summed E-state index contributed by atoms with van der Waals surface area (Å²) >= 11 is 0. The van der Waals surface area contributed by atoms with Crippen molar-refractivity contribution in [1.82, 2.24) is 0 Å². The van der Waals surface area contributed by atoms with Gasteiger partial charge in [0.25, 0.3) is 0 Å². The van der Waals surface area contributed by atoms with Crippen molar-refractivity contribution in [3.63, 3.8) is 0 Å². The second-order valence-corrected chi connectivity index (χ2v) is 5.74. The summed E-state index contributed by atoms with van der Waals surface area (Å²) in [6.07, 6.45) is 5.08. The highest BCUT2D eigenvalue weighted by atomic mass is 16.5. The molecule has 3 rings (SSSR count). The molecule has 1 aliphatic carbocycles. The highest BCUT2D eigenvalue weighted by Gasteiger charge is 2.42. The van der Waals surface area contributed by atoms with Crippen LogP contribution in [0.3, 0.4) is 0 Å². The van der Waals surface area contributed by atoms with Gasteiger partial charge in [-0.1, -0.05) is 31.5 Å². The molecule has 1 heterocycles. The van der Waals surface area contributed by atoms with E-state index >= 15 is 0 Å². The Labute approximate surface area is 103 Å². The predicted molar refractivity (Wildman–Crippen MR) is 67.0 cm³/mol. The lowest BCUT2D eigenvalue weighted by Crippen LogP contribution is -2.44. The second-order valence-electron chi connectivity index (χ2n) is 5.74. The maximum Gasteiger partial charge on any atom is 0.125 e. The molecule has 0 bridgehead atoms. The standard InChI is InChI=1S/C15H20O2/c1-11-5-4-8-15(9-11)10-13(16)12-6-2-3-7-14(12)17-15/h2-3,6-7,11,13,16H,4-5,8-10H2,1H3/t11?,13-,15?/m0/s1. The van der Waals surface area contributed by atoms with Crippen LogP contribution in [0.4, 0.5) is 0 Å². The quantitative estimate of drug-likeness (QED) is 0.742. The minimum Gasteiger partial charge on any atom is -0.487 e. The van der Waals surface area contributed by atoms with E-state index in [9.17, 15) is 5.11 Å². The van der Waals surface area contributed by atoms with Crippen LogP contribution >= 0.6 is 0 Å². The molecular formula is C15H20O2. The van der Waals surface area contributed by atoms with Gasteiger partial charge in [-0.15, -0.1) is 0 Å². The third-order valence-electron chi connectivity index (χ3n) is 4.22. The largest absolute Gasteiger partial charge is 0.487 e. The first kappa shape index (κ1) is 11.1. The molecule has 1 N–H and O–H groups in total. The van der Waals surface area contributed by atoms with Gasteiger partial charge in [-0.3, -0.25) is 0 Å². The zero-order valence-electron chi connectivity index (χ0n) is 10.4. The van der Waals surface area contributed by atoms with Crippen LogP contribution in [-0.4, -0.2) is 10.7 Å². The Morgan fingerprint density at radius 1 is 1.29 bits per heavy atom. The minimum atomic E-state index is -0.356. The third kappa shape index (κ3) is 1.95. The van der Waals surface area contributed by atoms with Gasteiger partial charge in [-0.25, -0.2) is 0 Å². The average molecular weight is 232 g/mol. The van der Waals surface area contributed by atoms with E-state index in [4.69, 9.17) is 4.74 Å². The van der Waals surface area contributed by atoms with Crippen molar-refractivity contribution in [3.8, 4) is 5.75 Å². The van der Waals surface area contributed by atoms with Crippen LogP contribution in [0.25, 0.3) is 0 Å². The van der Waals surface area contributed by atoms with Crippen molar-refractivity contribution in [3.05, 3.63) is 29.8 Å². The number of rotatable bonds is 0. The Bertz CT molecular complexity index is 415. The predicted octanol–water partition coefficient (Wildman–Crippen LogP) is 3.45. The van der Waals surface area contributed by atoms with Gasteiger partial charge in [-0.05, 0) is 31.2 Å². The Kier molecular flexibility index (Phi) is 2.62. The van der Waals surface area contributed by atoms with Crippen molar-refractivity contribution in [2.45, 2.75) is 50.7 Å². The SMILES string of the molecule is CC1CCCC2(C1)C[C@H](O)c1ccccc1O2. The van der Waals surface area contributed by atoms with Gasteiger partial charge in [0.1, 0.15) is 11.4 Å².